The maximum Gasteiger partial charge on any atom is 0.302 e. The molecule has 0 aliphatic rings. The molecule has 0 aromatic carbocycles. The average molecular weight is 265 g/mol. The molecule has 0 saturated carbocycles. The van der Waals surface area contributed by atoms with Crippen molar-refractivity contribution in [2.45, 2.75) is 19.9 Å². The second-order valence-corrected chi connectivity index (χ2v) is 5.56. The third-order valence-corrected chi connectivity index (χ3v) is 3.80. The third-order valence-electron chi connectivity index (χ3n) is 1.96. The van der Waals surface area contributed by atoms with Crippen LogP contribution in [0.15, 0.2) is 12.4 Å². The van der Waals surface area contributed by atoms with Crippen molar-refractivity contribution in [3.05, 3.63) is 17.5 Å². The molecule has 90 valence electrons. The van der Waals surface area contributed by atoms with Crippen molar-refractivity contribution in [3.63, 3.8) is 0 Å². The number of nitrogens with zero attached hydrogens (tertiary/aromatic N) is 3. The highest BCUT2D eigenvalue weighted by atomic mass is 35.5. The standard InChI is InChI=1S/C8H13ClN4O2S/c1-6(2)13(3)16(14,15)12-8-5-10-7(9)4-11-8/h4-6H,1-3H3,(H,11,12). The summed E-state index contributed by atoms with van der Waals surface area (Å²) in [5.74, 6) is 0.136. The first-order chi connectivity index (χ1) is 7.33. The molecule has 0 bridgehead atoms. The Labute approximate surface area is 99.8 Å². The van der Waals surface area contributed by atoms with Gasteiger partial charge >= 0.3 is 10.2 Å². The van der Waals surface area contributed by atoms with Crippen LogP contribution in [0.1, 0.15) is 13.8 Å². The molecule has 1 rings (SSSR count). The van der Waals surface area contributed by atoms with Crippen molar-refractivity contribution in [3.8, 4) is 0 Å². The van der Waals surface area contributed by atoms with E-state index >= 15 is 0 Å². The second kappa shape index (κ2) is 4.94. The van der Waals surface area contributed by atoms with Crippen LogP contribution in [0.5, 0.6) is 0 Å². The molecule has 0 atom stereocenters. The van der Waals surface area contributed by atoms with Gasteiger partial charge in [0.25, 0.3) is 0 Å². The van der Waals surface area contributed by atoms with Crippen LogP contribution < -0.4 is 4.72 Å². The van der Waals surface area contributed by atoms with Gasteiger partial charge in [-0.3, -0.25) is 4.72 Å². The van der Waals surface area contributed by atoms with Gasteiger partial charge in [0, 0.05) is 13.1 Å². The zero-order chi connectivity index (χ0) is 12.3. The average Bonchev–Trinajstić information content (AvgIpc) is 2.20. The summed E-state index contributed by atoms with van der Waals surface area (Å²) < 4.78 is 27.0. The quantitative estimate of drug-likeness (QED) is 0.885. The van der Waals surface area contributed by atoms with Gasteiger partial charge in [-0.1, -0.05) is 11.6 Å². The van der Waals surface area contributed by atoms with Gasteiger partial charge in [-0.25, -0.2) is 9.97 Å². The Morgan fingerprint density at radius 1 is 1.38 bits per heavy atom. The van der Waals surface area contributed by atoms with Crippen LogP contribution in [-0.2, 0) is 10.2 Å². The molecule has 0 unspecified atom stereocenters. The molecule has 0 fully saturated rings. The summed E-state index contributed by atoms with van der Waals surface area (Å²) >= 11 is 5.53. The van der Waals surface area contributed by atoms with Crippen LogP contribution in [0.4, 0.5) is 5.82 Å². The van der Waals surface area contributed by atoms with Gasteiger partial charge in [0.1, 0.15) is 5.15 Å². The van der Waals surface area contributed by atoms with Crippen molar-refractivity contribution >= 4 is 27.6 Å². The molecular weight excluding hydrogens is 252 g/mol. The third kappa shape index (κ3) is 3.29. The van der Waals surface area contributed by atoms with Crippen molar-refractivity contribution in [2.24, 2.45) is 0 Å². The van der Waals surface area contributed by atoms with Gasteiger partial charge in [0.2, 0.25) is 0 Å². The van der Waals surface area contributed by atoms with E-state index in [2.05, 4.69) is 14.7 Å². The molecule has 6 nitrogen and oxygen atoms in total. The molecule has 0 saturated heterocycles. The predicted molar refractivity (Wildman–Crippen MR) is 62.5 cm³/mol. The number of anilines is 1. The Morgan fingerprint density at radius 2 is 2.00 bits per heavy atom. The maximum atomic E-state index is 11.7. The minimum absolute atomic E-state index is 0.136. The molecule has 0 aliphatic heterocycles. The van der Waals surface area contributed by atoms with Crippen molar-refractivity contribution in [1.29, 1.82) is 0 Å². The van der Waals surface area contributed by atoms with Crippen LogP contribution in [0, 0.1) is 0 Å². The number of hydrogen-bond acceptors (Lipinski definition) is 4. The Kier molecular flexibility index (Phi) is 4.06. The molecule has 16 heavy (non-hydrogen) atoms. The Morgan fingerprint density at radius 3 is 2.44 bits per heavy atom. The summed E-state index contributed by atoms with van der Waals surface area (Å²) in [6.07, 6.45) is 2.53. The molecule has 0 aliphatic carbocycles. The monoisotopic (exact) mass is 264 g/mol. The second-order valence-electron chi connectivity index (χ2n) is 3.44. The van der Waals surface area contributed by atoms with Crippen LogP contribution in [0.25, 0.3) is 0 Å². The van der Waals surface area contributed by atoms with Gasteiger partial charge in [-0.15, -0.1) is 0 Å². The fourth-order valence-electron chi connectivity index (χ4n) is 0.847. The summed E-state index contributed by atoms with van der Waals surface area (Å²) in [5, 5.41) is 0.208. The van der Waals surface area contributed by atoms with E-state index in [0.717, 1.165) is 0 Å². The summed E-state index contributed by atoms with van der Waals surface area (Å²) in [5.41, 5.74) is 0. The highest BCUT2D eigenvalue weighted by molar-refractivity contribution is 7.90. The summed E-state index contributed by atoms with van der Waals surface area (Å²) in [6.45, 7) is 3.54. The number of aromatic nitrogens is 2. The Hall–Kier alpha value is -0.920. The van der Waals surface area contributed by atoms with Crippen molar-refractivity contribution < 1.29 is 8.42 Å². The SMILES string of the molecule is CC(C)N(C)S(=O)(=O)Nc1cnc(Cl)cn1. The predicted octanol–water partition coefficient (Wildman–Crippen LogP) is 1.13. The van der Waals surface area contributed by atoms with Crippen molar-refractivity contribution in [2.75, 3.05) is 11.8 Å². The minimum Gasteiger partial charge on any atom is -0.253 e. The number of hydrogen-bond donors (Lipinski definition) is 1. The van der Waals surface area contributed by atoms with E-state index in [-0.39, 0.29) is 17.0 Å². The van der Waals surface area contributed by atoms with Crippen LogP contribution in [0.2, 0.25) is 5.15 Å². The van der Waals surface area contributed by atoms with E-state index in [9.17, 15) is 8.42 Å². The maximum absolute atomic E-state index is 11.7. The zero-order valence-electron chi connectivity index (χ0n) is 9.18. The van der Waals surface area contributed by atoms with E-state index < -0.39 is 10.2 Å². The molecule has 8 heteroatoms. The lowest BCUT2D eigenvalue weighted by molar-refractivity contribution is 0.414. The highest BCUT2D eigenvalue weighted by Gasteiger charge is 2.20. The van der Waals surface area contributed by atoms with Crippen LogP contribution in [0.3, 0.4) is 0 Å². The molecule has 1 heterocycles. The molecule has 0 spiro atoms. The molecule has 1 aromatic heterocycles. The van der Waals surface area contributed by atoms with E-state index in [4.69, 9.17) is 11.6 Å². The van der Waals surface area contributed by atoms with E-state index in [0.29, 0.717) is 0 Å². The Bertz CT molecular complexity index is 446. The molecule has 1 aromatic rings. The topological polar surface area (TPSA) is 75.2 Å². The Balaban J connectivity index is 2.85. The normalized spacial score (nSPS) is 12.1. The van der Waals surface area contributed by atoms with Gasteiger partial charge in [-0.2, -0.15) is 12.7 Å². The number of halogens is 1. The number of nitrogens with one attached hydrogen (secondary N) is 1. The lowest BCUT2D eigenvalue weighted by Gasteiger charge is -2.21. The minimum atomic E-state index is -3.59. The fraction of sp³-hybridized carbons (Fsp3) is 0.500. The van der Waals surface area contributed by atoms with E-state index in [1.807, 2.05) is 0 Å². The van der Waals surface area contributed by atoms with E-state index in [1.165, 1.54) is 23.7 Å². The van der Waals surface area contributed by atoms with Gasteiger partial charge < -0.3 is 0 Å². The van der Waals surface area contributed by atoms with Crippen LogP contribution in [-0.4, -0.2) is 35.8 Å². The number of rotatable bonds is 4. The highest BCUT2D eigenvalue weighted by Crippen LogP contribution is 2.10. The van der Waals surface area contributed by atoms with Gasteiger partial charge in [0.05, 0.1) is 12.4 Å². The lowest BCUT2D eigenvalue weighted by Crippen LogP contribution is -2.37. The fourth-order valence-corrected chi connectivity index (χ4v) is 2.01. The van der Waals surface area contributed by atoms with Crippen LogP contribution >= 0.6 is 11.6 Å². The first-order valence-corrected chi connectivity index (χ1v) is 6.38. The first kappa shape index (κ1) is 13.1. The molecular formula is C8H13ClN4O2S. The lowest BCUT2D eigenvalue weighted by atomic mass is 10.4. The summed E-state index contributed by atoms with van der Waals surface area (Å²) in [6, 6.07) is -0.141. The van der Waals surface area contributed by atoms with Gasteiger partial charge in [-0.05, 0) is 13.8 Å². The summed E-state index contributed by atoms with van der Waals surface area (Å²) in [7, 11) is -2.11. The molecule has 0 amide bonds. The van der Waals surface area contributed by atoms with Gasteiger partial charge in [0.15, 0.2) is 5.82 Å². The smallest absolute Gasteiger partial charge is 0.253 e. The zero-order valence-corrected chi connectivity index (χ0v) is 10.7. The van der Waals surface area contributed by atoms with Crippen molar-refractivity contribution in [1.82, 2.24) is 14.3 Å². The largest absolute Gasteiger partial charge is 0.302 e. The molecule has 0 radical (unpaired) electrons. The first-order valence-electron chi connectivity index (χ1n) is 4.56. The molecule has 1 N–H and O–H groups in total. The van der Waals surface area contributed by atoms with E-state index in [1.54, 1.807) is 13.8 Å². The summed E-state index contributed by atoms with van der Waals surface area (Å²) in [4.78, 5) is 7.52.